The van der Waals surface area contributed by atoms with Crippen molar-refractivity contribution in [2.75, 3.05) is 7.11 Å². The van der Waals surface area contributed by atoms with Crippen LogP contribution in [0.15, 0.2) is 12.2 Å². The van der Waals surface area contributed by atoms with Gasteiger partial charge in [0.05, 0.1) is 13.0 Å². The largest absolute Gasteiger partial charge is 0.469 e. The SMILES string of the molecule is CCC(=O)O[C@@H]1C=CC[C@H](C(=O)OC)C1. The molecule has 0 fully saturated rings. The molecule has 4 nitrogen and oxygen atoms in total. The fourth-order valence-corrected chi connectivity index (χ4v) is 1.55. The molecule has 2 atom stereocenters. The molecule has 0 amide bonds. The Kier molecular flexibility index (Phi) is 4.34. The number of carbonyl (C=O) groups excluding carboxylic acids is 2. The van der Waals surface area contributed by atoms with Gasteiger partial charge in [0.2, 0.25) is 0 Å². The number of carbonyl (C=O) groups is 2. The van der Waals surface area contributed by atoms with E-state index in [1.54, 1.807) is 6.92 Å². The molecule has 1 aliphatic carbocycles. The van der Waals surface area contributed by atoms with Crippen LogP contribution >= 0.6 is 0 Å². The molecule has 0 bridgehead atoms. The normalized spacial score (nSPS) is 24.7. The maximum atomic E-state index is 11.3. The first-order valence-corrected chi connectivity index (χ1v) is 5.11. The predicted octanol–water partition coefficient (Wildman–Crippen LogP) is 1.45. The Labute approximate surface area is 89.2 Å². The summed E-state index contributed by atoms with van der Waals surface area (Å²) >= 11 is 0. The van der Waals surface area contributed by atoms with Crippen LogP contribution in [-0.4, -0.2) is 25.2 Å². The quantitative estimate of drug-likeness (QED) is 0.525. The molecular formula is C11H16O4. The van der Waals surface area contributed by atoms with Gasteiger partial charge in [-0.15, -0.1) is 0 Å². The highest BCUT2D eigenvalue weighted by molar-refractivity contribution is 5.73. The van der Waals surface area contributed by atoms with E-state index in [1.165, 1.54) is 7.11 Å². The van der Waals surface area contributed by atoms with Crippen molar-refractivity contribution in [3.8, 4) is 0 Å². The van der Waals surface area contributed by atoms with E-state index in [1.807, 2.05) is 12.2 Å². The molecular weight excluding hydrogens is 196 g/mol. The van der Waals surface area contributed by atoms with Crippen molar-refractivity contribution >= 4 is 11.9 Å². The summed E-state index contributed by atoms with van der Waals surface area (Å²) in [6, 6.07) is 0. The average Bonchev–Trinajstić information content (AvgIpc) is 2.28. The summed E-state index contributed by atoms with van der Waals surface area (Å²) in [7, 11) is 1.37. The highest BCUT2D eigenvalue weighted by Gasteiger charge is 2.26. The van der Waals surface area contributed by atoms with Gasteiger partial charge in [0.15, 0.2) is 0 Å². The lowest BCUT2D eigenvalue weighted by atomic mass is 9.92. The Morgan fingerprint density at radius 3 is 2.80 bits per heavy atom. The number of allylic oxidation sites excluding steroid dienone is 1. The topological polar surface area (TPSA) is 52.6 Å². The first kappa shape index (κ1) is 11.8. The molecule has 4 heteroatoms. The minimum atomic E-state index is -0.282. The van der Waals surface area contributed by atoms with E-state index in [4.69, 9.17) is 4.74 Å². The van der Waals surface area contributed by atoms with E-state index in [9.17, 15) is 9.59 Å². The molecule has 1 aliphatic rings. The van der Waals surface area contributed by atoms with Crippen LogP contribution < -0.4 is 0 Å². The second-order valence-electron chi connectivity index (χ2n) is 3.50. The zero-order valence-corrected chi connectivity index (χ0v) is 9.06. The van der Waals surface area contributed by atoms with Gasteiger partial charge in [0.1, 0.15) is 6.10 Å². The molecule has 0 aliphatic heterocycles. The van der Waals surface area contributed by atoms with Crippen LogP contribution in [-0.2, 0) is 19.1 Å². The summed E-state index contributed by atoms with van der Waals surface area (Å²) in [5, 5.41) is 0. The Hall–Kier alpha value is -1.32. The number of hydrogen-bond donors (Lipinski definition) is 0. The van der Waals surface area contributed by atoms with Crippen LogP contribution in [0.1, 0.15) is 26.2 Å². The molecule has 0 radical (unpaired) electrons. The molecule has 0 N–H and O–H groups in total. The highest BCUT2D eigenvalue weighted by atomic mass is 16.5. The van der Waals surface area contributed by atoms with Crippen molar-refractivity contribution in [1.29, 1.82) is 0 Å². The van der Waals surface area contributed by atoms with Crippen LogP contribution in [0.3, 0.4) is 0 Å². The van der Waals surface area contributed by atoms with E-state index in [2.05, 4.69) is 4.74 Å². The lowest BCUT2D eigenvalue weighted by molar-refractivity contribution is -0.152. The van der Waals surface area contributed by atoms with Crippen LogP contribution in [0.5, 0.6) is 0 Å². The molecule has 0 aromatic heterocycles. The average molecular weight is 212 g/mol. The van der Waals surface area contributed by atoms with Gasteiger partial charge >= 0.3 is 11.9 Å². The third kappa shape index (κ3) is 3.38. The first-order valence-electron chi connectivity index (χ1n) is 5.11. The Balaban J connectivity index is 2.49. The van der Waals surface area contributed by atoms with E-state index >= 15 is 0 Å². The van der Waals surface area contributed by atoms with Crippen molar-refractivity contribution < 1.29 is 19.1 Å². The second-order valence-corrected chi connectivity index (χ2v) is 3.50. The molecule has 0 aromatic rings. The minimum absolute atomic E-state index is 0.186. The van der Waals surface area contributed by atoms with E-state index in [-0.39, 0.29) is 24.0 Å². The molecule has 15 heavy (non-hydrogen) atoms. The van der Waals surface area contributed by atoms with Crippen molar-refractivity contribution in [3.63, 3.8) is 0 Å². The second kappa shape index (κ2) is 5.53. The monoisotopic (exact) mass is 212 g/mol. The summed E-state index contributed by atoms with van der Waals surface area (Å²) in [4.78, 5) is 22.3. The molecule has 0 unspecified atom stereocenters. The van der Waals surface area contributed by atoms with Crippen LogP contribution in [0, 0.1) is 5.92 Å². The maximum Gasteiger partial charge on any atom is 0.309 e. The summed E-state index contributed by atoms with van der Waals surface area (Å²) in [5.41, 5.74) is 0. The molecule has 0 heterocycles. The molecule has 84 valence electrons. The van der Waals surface area contributed by atoms with Gasteiger partial charge in [-0.1, -0.05) is 13.0 Å². The first-order chi connectivity index (χ1) is 7.17. The third-order valence-electron chi connectivity index (χ3n) is 2.39. The number of methoxy groups -OCH3 is 1. The van der Waals surface area contributed by atoms with Gasteiger partial charge in [0, 0.05) is 12.8 Å². The lowest BCUT2D eigenvalue weighted by Gasteiger charge is -2.22. The standard InChI is InChI=1S/C11H16O4/c1-3-10(12)15-9-6-4-5-8(7-9)11(13)14-2/h4,6,8-9H,3,5,7H2,1-2H3/t8-,9+/m0/s1. The molecule has 0 spiro atoms. The third-order valence-corrected chi connectivity index (χ3v) is 2.39. The number of esters is 2. The van der Waals surface area contributed by atoms with E-state index in [0.29, 0.717) is 19.3 Å². The smallest absolute Gasteiger partial charge is 0.309 e. The molecule has 0 saturated carbocycles. The minimum Gasteiger partial charge on any atom is -0.469 e. The van der Waals surface area contributed by atoms with Crippen LogP contribution in [0.4, 0.5) is 0 Å². The predicted molar refractivity (Wildman–Crippen MR) is 54.1 cm³/mol. The fourth-order valence-electron chi connectivity index (χ4n) is 1.55. The number of rotatable bonds is 3. The summed E-state index contributed by atoms with van der Waals surface area (Å²) in [6.45, 7) is 1.74. The van der Waals surface area contributed by atoms with Crippen molar-refractivity contribution in [3.05, 3.63) is 12.2 Å². The highest BCUT2D eigenvalue weighted by Crippen LogP contribution is 2.22. The Morgan fingerprint density at radius 2 is 2.20 bits per heavy atom. The van der Waals surface area contributed by atoms with Gasteiger partial charge in [-0.2, -0.15) is 0 Å². The zero-order valence-electron chi connectivity index (χ0n) is 9.06. The van der Waals surface area contributed by atoms with Crippen molar-refractivity contribution in [1.82, 2.24) is 0 Å². The summed E-state index contributed by atoms with van der Waals surface area (Å²) < 4.78 is 9.79. The number of ether oxygens (including phenoxy) is 2. The number of hydrogen-bond acceptors (Lipinski definition) is 4. The molecule has 0 aromatic carbocycles. The van der Waals surface area contributed by atoms with Gasteiger partial charge in [-0.3, -0.25) is 9.59 Å². The van der Waals surface area contributed by atoms with E-state index in [0.717, 1.165) is 0 Å². The van der Waals surface area contributed by atoms with Crippen LogP contribution in [0.25, 0.3) is 0 Å². The van der Waals surface area contributed by atoms with Crippen molar-refractivity contribution in [2.24, 2.45) is 5.92 Å². The van der Waals surface area contributed by atoms with Crippen molar-refractivity contribution in [2.45, 2.75) is 32.3 Å². The summed E-state index contributed by atoms with van der Waals surface area (Å²) in [6.07, 6.45) is 4.94. The maximum absolute atomic E-state index is 11.3. The van der Waals surface area contributed by atoms with Gasteiger partial charge in [0.25, 0.3) is 0 Å². The van der Waals surface area contributed by atoms with Gasteiger partial charge < -0.3 is 9.47 Å². The fraction of sp³-hybridized carbons (Fsp3) is 0.636. The molecule has 1 rings (SSSR count). The van der Waals surface area contributed by atoms with E-state index < -0.39 is 0 Å². The van der Waals surface area contributed by atoms with Gasteiger partial charge in [-0.25, -0.2) is 0 Å². The lowest BCUT2D eigenvalue weighted by Crippen LogP contribution is -2.27. The Morgan fingerprint density at radius 1 is 1.47 bits per heavy atom. The van der Waals surface area contributed by atoms with Crippen LogP contribution in [0.2, 0.25) is 0 Å². The Bertz CT molecular complexity index is 270. The van der Waals surface area contributed by atoms with Gasteiger partial charge in [-0.05, 0) is 12.5 Å². The molecule has 0 saturated heterocycles. The summed E-state index contributed by atoms with van der Waals surface area (Å²) in [5.74, 6) is -0.665. The zero-order chi connectivity index (χ0) is 11.3.